The molecule has 0 spiro atoms. The number of carbonyl (C=O) groups is 2. The molecule has 1 heterocycles. The van der Waals surface area contributed by atoms with Gasteiger partial charge in [0, 0.05) is 5.92 Å². The maximum Gasteiger partial charge on any atom is 0.407 e. The molecule has 4 aromatic rings. The molecule has 10 heteroatoms. The van der Waals surface area contributed by atoms with Crippen molar-refractivity contribution in [1.82, 2.24) is 20.5 Å². The van der Waals surface area contributed by atoms with Gasteiger partial charge in [-0.25, -0.2) is 9.59 Å². The minimum absolute atomic E-state index is 0.0613. The van der Waals surface area contributed by atoms with Gasteiger partial charge < -0.3 is 19.6 Å². The predicted molar refractivity (Wildman–Crippen MR) is 148 cm³/mol. The topological polar surface area (TPSA) is 122 Å². The van der Waals surface area contributed by atoms with Gasteiger partial charge >= 0.3 is 17.6 Å². The molecule has 40 heavy (non-hydrogen) atoms. The lowest BCUT2D eigenvalue weighted by Gasteiger charge is -2.29. The smallest absolute Gasteiger partial charge is 0.407 e. The Labute approximate surface area is 230 Å². The lowest BCUT2D eigenvalue weighted by Crippen LogP contribution is -2.54. The van der Waals surface area contributed by atoms with E-state index in [1.807, 2.05) is 69.3 Å². The van der Waals surface area contributed by atoms with E-state index in [1.54, 1.807) is 31.2 Å². The van der Waals surface area contributed by atoms with Gasteiger partial charge in [-0.05, 0) is 72.1 Å². The predicted octanol–water partition coefficient (Wildman–Crippen LogP) is 3.86. The van der Waals surface area contributed by atoms with Crippen LogP contribution in [0, 0.1) is 0 Å². The normalized spacial score (nSPS) is 14.2. The summed E-state index contributed by atoms with van der Waals surface area (Å²) in [6.07, 6.45) is -1.66. The summed E-state index contributed by atoms with van der Waals surface area (Å²) in [5, 5.41) is 10.4. The zero-order chi connectivity index (χ0) is 28.4. The molecular weight excluding hydrogens is 512 g/mol. The standard InChI is InChI=1S/C30H30N4O6/c1-18(39-30(2,3)4)26(28(36)40-34-27(35)23-15-9-10-16-25(23)32-33-34)31-29(37)38-17-24-21-13-7-5-11-19(21)20-12-6-8-14-22(20)24/h5-16,18,24,26H,17H2,1-4H3,(H,31,37). The third-order valence-corrected chi connectivity index (χ3v) is 6.60. The maximum absolute atomic E-state index is 13.3. The number of nitrogens with one attached hydrogen (secondary N) is 1. The van der Waals surface area contributed by atoms with Crippen molar-refractivity contribution >= 4 is 23.0 Å². The number of alkyl carbamates (subject to hydrolysis) is 1. The van der Waals surface area contributed by atoms with Gasteiger partial charge in [-0.1, -0.05) is 60.7 Å². The van der Waals surface area contributed by atoms with Crippen LogP contribution in [-0.2, 0) is 14.3 Å². The van der Waals surface area contributed by atoms with E-state index < -0.39 is 35.4 Å². The average molecular weight is 543 g/mol. The third-order valence-electron chi connectivity index (χ3n) is 6.60. The van der Waals surface area contributed by atoms with Crippen molar-refractivity contribution in [2.45, 2.75) is 51.4 Å². The molecule has 0 saturated heterocycles. The van der Waals surface area contributed by atoms with E-state index in [4.69, 9.17) is 14.3 Å². The fourth-order valence-corrected chi connectivity index (χ4v) is 4.94. The number of nitrogens with zero attached hydrogens (tertiary/aromatic N) is 3. The summed E-state index contributed by atoms with van der Waals surface area (Å²) in [4.78, 5) is 44.8. The summed E-state index contributed by atoms with van der Waals surface area (Å²) in [7, 11) is 0. The molecular formula is C30H30N4O6. The van der Waals surface area contributed by atoms with Crippen molar-refractivity contribution in [2.75, 3.05) is 6.61 Å². The maximum atomic E-state index is 13.3. The highest BCUT2D eigenvalue weighted by atomic mass is 16.7. The minimum Gasteiger partial charge on any atom is -0.449 e. The second-order valence-electron chi connectivity index (χ2n) is 10.6. The second-order valence-corrected chi connectivity index (χ2v) is 10.6. The van der Waals surface area contributed by atoms with Gasteiger partial charge in [-0.3, -0.25) is 4.79 Å². The number of aromatic nitrogens is 3. The molecule has 5 rings (SSSR count). The molecule has 206 valence electrons. The molecule has 1 aliphatic rings. The SMILES string of the molecule is CC(OC(C)(C)C)C(NC(=O)OCC1c2ccccc2-c2ccccc21)C(=O)On1nnc2ccccc2c1=O. The summed E-state index contributed by atoms with van der Waals surface area (Å²) >= 11 is 0. The van der Waals surface area contributed by atoms with Crippen LogP contribution in [0.15, 0.2) is 77.6 Å². The van der Waals surface area contributed by atoms with Crippen molar-refractivity contribution in [2.24, 2.45) is 0 Å². The third kappa shape index (κ3) is 5.57. The number of carbonyl (C=O) groups excluding carboxylic acids is 2. The minimum atomic E-state index is -1.31. The zero-order valence-electron chi connectivity index (χ0n) is 22.7. The average Bonchev–Trinajstić information content (AvgIpc) is 3.25. The van der Waals surface area contributed by atoms with Crippen LogP contribution in [0.5, 0.6) is 0 Å². The van der Waals surface area contributed by atoms with Gasteiger partial charge in [0.05, 0.1) is 17.1 Å². The Bertz CT molecular complexity index is 1580. The van der Waals surface area contributed by atoms with E-state index in [-0.39, 0.29) is 17.9 Å². The van der Waals surface area contributed by atoms with Crippen LogP contribution in [0.2, 0.25) is 0 Å². The van der Waals surface area contributed by atoms with E-state index >= 15 is 0 Å². The largest absolute Gasteiger partial charge is 0.449 e. The fraction of sp³-hybridized carbons (Fsp3) is 0.300. The van der Waals surface area contributed by atoms with E-state index in [1.165, 1.54) is 0 Å². The van der Waals surface area contributed by atoms with Crippen LogP contribution in [-0.4, -0.2) is 51.6 Å². The number of hydrogen-bond acceptors (Lipinski definition) is 8. The molecule has 0 saturated carbocycles. The van der Waals surface area contributed by atoms with Gasteiger partial charge in [-0.15, -0.1) is 5.10 Å². The summed E-state index contributed by atoms with van der Waals surface area (Å²) < 4.78 is 11.6. The van der Waals surface area contributed by atoms with Crippen LogP contribution < -0.4 is 15.7 Å². The molecule has 2 atom stereocenters. The van der Waals surface area contributed by atoms with Crippen molar-refractivity contribution in [3.05, 3.63) is 94.3 Å². The summed E-state index contributed by atoms with van der Waals surface area (Å²) in [5.41, 5.74) is 3.38. The highest BCUT2D eigenvalue weighted by Crippen LogP contribution is 2.44. The molecule has 1 aromatic heterocycles. The molecule has 0 fully saturated rings. The van der Waals surface area contributed by atoms with Crippen molar-refractivity contribution in [1.29, 1.82) is 0 Å². The van der Waals surface area contributed by atoms with Crippen molar-refractivity contribution in [3.8, 4) is 11.1 Å². The lowest BCUT2D eigenvalue weighted by molar-refractivity contribution is -0.156. The van der Waals surface area contributed by atoms with Crippen LogP contribution in [0.1, 0.15) is 44.7 Å². The number of rotatable bonds is 7. The number of amides is 1. The quantitative estimate of drug-likeness (QED) is 0.350. The van der Waals surface area contributed by atoms with Crippen LogP contribution >= 0.6 is 0 Å². The Balaban J connectivity index is 1.33. The van der Waals surface area contributed by atoms with Crippen LogP contribution in [0.25, 0.3) is 22.0 Å². The number of hydrogen-bond donors (Lipinski definition) is 1. The van der Waals surface area contributed by atoms with E-state index in [0.29, 0.717) is 10.4 Å². The highest BCUT2D eigenvalue weighted by Gasteiger charge is 2.35. The van der Waals surface area contributed by atoms with Gasteiger partial charge in [0.15, 0.2) is 6.04 Å². The molecule has 3 aromatic carbocycles. The Morgan fingerprint density at radius 2 is 1.55 bits per heavy atom. The van der Waals surface area contributed by atoms with Gasteiger partial charge in [0.2, 0.25) is 0 Å². The lowest BCUT2D eigenvalue weighted by atomic mass is 9.98. The van der Waals surface area contributed by atoms with E-state index in [9.17, 15) is 14.4 Å². The van der Waals surface area contributed by atoms with Gasteiger partial charge in [0.1, 0.15) is 12.1 Å². The second kappa shape index (κ2) is 10.9. The summed E-state index contributed by atoms with van der Waals surface area (Å²) in [6, 6.07) is 21.2. The first-order valence-corrected chi connectivity index (χ1v) is 13.0. The van der Waals surface area contributed by atoms with Gasteiger partial charge in [0.25, 0.3) is 0 Å². The number of fused-ring (bicyclic) bond motifs is 4. The molecule has 0 radical (unpaired) electrons. The van der Waals surface area contributed by atoms with Crippen molar-refractivity contribution < 1.29 is 23.9 Å². The molecule has 1 aliphatic carbocycles. The summed E-state index contributed by atoms with van der Waals surface area (Å²) in [6.45, 7) is 7.14. The van der Waals surface area contributed by atoms with E-state index in [2.05, 4.69) is 15.6 Å². The molecule has 0 aliphatic heterocycles. The molecule has 1 N–H and O–H groups in total. The number of benzene rings is 3. The molecule has 2 unspecified atom stereocenters. The first-order chi connectivity index (χ1) is 19.1. The Hall–Kier alpha value is -4.57. The van der Waals surface area contributed by atoms with Gasteiger partial charge in [-0.2, -0.15) is 0 Å². The van der Waals surface area contributed by atoms with Crippen LogP contribution in [0.3, 0.4) is 0 Å². The Kier molecular flexibility index (Phi) is 7.36. The summed E-state index contributed by atoms with van der Waals surface area (Å²) in [5.74, 6) is -1.12. The van der Waals surface area contributed by atoms with E-state index in [0.717, 1.165) is 22.3 Å². The fourth-order valence-electron chi connectivity index (χ4n) is 4.94. The van der Waals surface area contributed by atoms with Crippen LogP contribution in [0.4, 0.5) is 4.79 Å². The first-order valence-electron chi connectivity index (χ1n) is 13.0. The molecule has 0 bridgehead atoms. The van der Waals surface area contributed by atoms with Crippen molar-refractivity contribution in [3.63, 3.8) is 0 Å². The monoisotopic (exact) mass is 542 g/mol. The Morgan fingerprint density at radius 3 is 2.20 bits per heavy atom. The molecule has 1 amide bonds. The molecule has 10 nitrogen and oxygen atoms in total. The zero-order valence-corrected chi connectivity index (χ0v) is 22.7. The first kappa shape index (κ1) is 27.0. The Morgan fingerprint density at radius 1 is 0.950 bits per heavy atom. The highest BCUT2D eigenvalue weighted by molar-refractivity contribution is 5.83. The number of ether oxygens (including phenoxy) is 2.